The quantitative estimate of drug-likeness (QED) is 0.833. The zero-order valence-corrected chi connectivity index (χ0v) is 12.7. The van der Waals surface area contributed by atoms with Crippen LogP contribution in [0.1, 0.15) is 35.8 Å². The molecule has 0 heterocycles. The summed E-state index contributed by atoms with van der Waals surface area (Å²) < 4.78 is 5.43. The number of ketones is 1. The summed E-state index contributed by atoms with van der Waals surface area (Å²) in [5.41, 5.74) is 1.60. The van der Waals surface area contributed by atoms with Crippen molar-refractivity contribution in [3.63, 3.8) is 0 Å². The molecule has 0 bridgehead atoms. The highest BCUT2D eigenvalue weighted by Gasteiger charge is 2.10. The first kappa shape index (κ1) is 15.8. The van der Waals surface area contributed by atoms with Gasteiger partial charge in [0.05, 0.1) is 6.04 Å². The van der Waals surface area contributed by atoms with E-state index < -0.39 is 0 Å². The molecule has 0 radical (unpaired) electrons. The molecule has 22 heavy (non-hydrogen) atoms. The van der Waals surface area contributed by atoms with Gasteiger partial charge < -0.3 is 10.1 Å². The molecule has 0 saturated heterocycles. The SMILES string of the molecule is CC(=O)c1cccc(OCC(=O)N[C@H](C)c2ccccc2)c1. The van der Waals surface area contributed by atoms with Crippen molar-refractivity contribution in [2.75, 3.05) is 6.61 Å². The third-order valence-electron chi connectivity index (χ3n) is 3.29. The lowest BCUT2D eigenvalue weighted by atomic mass is 10.1. The highest BCUT2D eigenvalue weighted by molar-refractivity contribution is 5.94. The molecule has 4 nitrogen and oxygen atoms in total. The average Bonchev–Trinajstić information content (AvgIpc) is 2.54. The molecule has 0 aliphatic carbocycles. The summed E-state index contributed by atoms with van der Waals surface area (Å²) in [4.78, 5) is 23.2. The second-order valence-corrected chi connectivity index (χ2v) is 5.07. The molecule has 0 aromatic heterocycles. The first-order chi connectivity index (χ1) is 10.6. The Kier molecular flexibility index (Phi) is 5.31. The summed E-state index contributed by atoms with van der Waals surface area (Å²) >= 11 is 0. The van der Waals surface area contributed by atoms with Crippen LogP contribution in [-0.2, 0) is 4.79 Å². The number of ether oxygens (including phenoxy) is 1. The van der Waals surface area contributed by atoms with E-state index in [1.165, 1.54) is 6.92 Å². The third kappa shape index (κ3) is 4.45. The van der Waals surface area contributed by atoms with Crippen molar-refractivity contribution in [3.8, 4) is 5.75 Å². The predicted molar refractivity (Wildman–Crippen MR) is 84.9 cm³/mol. The number of amides is 1. The Bertz CT molecular complexity index is 652. The number of hydrogen-bond donors (Lipinski definition) is 1. The Hall–Kier alpha value is -2.62. The largest absolute Gasteiger partial charge is 0.484 e. The van der Waals surface area contributed by atoms with Crippen LogP contribution in [0.3, 0.4) is 0 Å². The summed E-state index contributed by atoms with van der Waals surface area (Å²) in [6.07, 6.45) is 0. The van der Waals surface area contributed by atoms with Crippen molar-refractivity contribution in [2.45, 2.75) is 19.9 Å². The Labute approximate surface area is 130 Å². The highest BCUT2D eigenvalue weighted by Crippen LogP contribution is 2.14. The first-order valence-electron chi connectivity index (χ1n) is 7.14. The Morgan fingerprint density at radius 3 is 2.50 bits per heavy atom. The van der Waals surface area contributed by atoms with E-state index in [0.717, 1.165) is 5.56 Å². The minimum atomic E-state index is -0.204. The van der Waals surface area contributed by atoms with Crippen molar-refractivity contribution in [1.29, 1.82) is 0 Å². The van der Waals surface area contributed by atoms with E-state index in [1.807, 2.05) is 37.3 Å². The van der Waals surface area contributed by atoms with Gasteiger partial charge in [-0.1, -0.05) is 42.5 Å². The number of hydrogen-bond acceptors (Lipinski definition) is 3. The fraction of sp³-hybridized carbons (Fsp3) is 0.222. The molecule has 1 amide bonds. The van der Waals surface area contributed by atoms with Gasteiger partial charge in [-0.25, -0.2) is 0 Å². The number of benzene rings is 2. The number of nitrogens with one attached hydrogen (secondary N) is 1. The molecular formula is C18H19NO3. The molecule has 2 aromatic carbocycles. The summed E-state index contributed by atoms with van der Waals surface area (Å²) in [6, 6.07) is 16.4. The minimum absolute atomic E-state index is 0.0346. The molecule has 4 heteroatoms. The van der Waals surface area contributed by atoms with Crippen LogP contribution in [-0.4, -0.2) is 18.3 Å². The predicted octanol–water partition coefficient (Wildman–Crippen LogP) is 3.15. The van der Waals surface area contributed by atoms with Crippen molar-refractivity contribution in [3.05, 3.63) is 65.7 Å². The number of Topliss-reactive ketones (excluding diaryl/α,β-unsaturated/α-hetero) is 1. The normalized spacial score (nSPS) is 11.5. The van der Waals surface area contributed by atoms with Gasteiger partial charge in [-0.05, 0) is 31.5 Å². The van der Waals surface area contributed by atoms with E-state index in [2.05, 4.69) is 5.32 Å². The lowest BCUT2D eigenvalue weighted by Gasteiger charge is -2.14. The topological polar surface area (TPSA) is 55.4 Å². The van der Waals surface area contributed by atoms with Gasteiger partial charge in [0.2, 0.25) is 0 Å². The van der Waals surface area contributed by atoms with Crippen LogP contribution < -0.4 is 10.1 Å². The van der Waals surface area contributed by atoms with E-state index in [-0.39, 0.29) is 24.3 Å². The lowest BCUT2D eigenvalue weighted by Crippen LogP contribution is -2.31. The third-order valence-corrected chi connectivity index (χ3v) is 3.29. The molecule has 0 aliphatic heterocycles. The van der Waals surface area contributed by atoms with Gasteiger partial charge in [0.25, 0.3) is 5.91 Å². The van der Waals surface area contributed by atoms with Crippen LogP contribution in [0.15, 0.2) is 54.6 Å². The first-order valence-corrected chi connectivity index (χ1v) is 7.14. The van der Waals surface area contributed by atoms with Crippen LogP contribution in [0.2, 0.25) is 0 Å². The molecular weight excluding hydrogens is 278 g/mol. The molecule has 0 fully saturated rings. The molecule has 1 N–H and O–H groups in total. The lowest BCUT2D eigenvalue weighted by molar-refractivity contribution is -0.123. The molecule has 2 rings (SSSR count). The zero-order valence-electron chi connectivity index (χ0n) is 12.7. The summed E-state index contributed by atoms with van der Waals surface area (Å²) in [5.74, 6) is 0.271. The fourth-order valence-electron chi connectivity index (χ4n) is 2.06. The van der Waals surface area contributed by atoms with Crippen LogP contribution in [0.5, 0.6) is 5.75 Å². The smallest absolute Gasteiger partial charge is 0.258 e. The van der Waals surface area contributed by atoms with Gasteiger partial charge in [-0.15, -0.1) is 0 Å². The number of rotatable bonds is 6. The van der Waals surface area contributed by atoms with Crippen LogP contribution in [0.4, 0.5) is 0 Å². The average molecular weight is 297 g/mol. The van der Waals surface area contributed by atoms with Gasteiger partial charge in [0, 0.05) is 5.56 Å². The van der Waals surface area contributed by atoms with Gasteiger partial charge in [-0.2, -0.15) is 0 Å². The van der Waals surface area contributed by atoms with Crippen molar-refractivity contribution in [2.24, 2.45) is 0 Å². The molecule has 0 spiro atoms. The number of carbonyl (C=O) groups excluding carboxylic acids is 2. The zero-order chi connectivity index (χ0) is 15.9. The molecule has 2 aromatic rings. The standard InChI is InChI=1S/C18H19NO3/c1-13(15-7-4-3-5-8-15)19-18(21)12-22-17-10-6-9-16(11-17)14(2)20/h3-11,13H,12H2,1-2H3,(H,19,21)/t13-/m1/s1. The van der Waals surface area contributed by atoms with Crippen molar-refractivity contribution in [1.82, 2.24) is 5.32 Å². The Balaban J connectivity index is 1.88. The minimum Gasteiger partial charge on any atom is -0.484 e. The van der Waals surface area contributed by atoms with Gasteiger partial charge >= 0.3 is 0 Å². The monoisotopic (exact) mass is 297 g/mol. The summed E-state index contributed by atoms with van der Waals surface area (Å²) in [6.45, 7) is 3.33. The van der Waals surface area contributed by atoms with Gasteiger partial charge in [0.15, 0.2) is 12.4 Å². The van der Waals surface area contributed by atoms with Crippen molar-refractivity contribution >= 4 is 11.7 Å². The van der Waals surface area contributed by atoms with Crippen molar-refractivity contribution < 1.29 is 14.3 Å². The molecule has 114 valence electrons. The van der Waals surface area contributed by atoms with Gasteiger partial charge in [-0.3, -0.25) is 9.59 Å². The Morgan fingerprint density at radius 1 is 1.09 bits per heavy atom. The van der Waals surface area contributed by atoms with Crippen LogP contribution in [0.25, 0.3) is 0 Å². The Morgan fingerprint density at radius 2 is 1.82 bits per heavy atom. The number of carbonyl (C=O) groups is 2. The highest BCUT2D eigenvalue weighted by atomic mass is 16.5. The van der Waals surface area contributed by atoms with Gasteiger partial charge in [0.1, 0.15) is 5.75 Å². The second kappa shape index (κ2) is 7.41. The molecule has 0 aliphatic rings. The molecule has 1 atom stereocenters. The summed E-state index contributed by atoms with van der Waals surface area (Å²) in [5, 5.41) is 2.87. The maximum Gasteiger partial charge on any atom is 0.258 e. The maximum absolute atomic E-state index is 11.9. The summed E-state index contributed by atoms with van der Waals surface area (Å²) in [7, 11) is 0. The van der Waals surface area contributed by atoms with Crippen LogP contribution in [0, 0.1) is 0 Å². The molecule has 0 unspecified atom stereocenters. The van der Waals surface area contributed by atoms with E-state index >= 15 is 0 Å². The molecule has 0 saturated carbocycles. The fourth-order valence-corrected chi connectivity index (χ4v) is 2.06. The van der Waals surface area contributed by atoms with E-state index in [0.29, 0.717) is 11.3 Å². The van der Waals surface area contributed by atoms with Crippen LogP contribution >= 0.6 is 0 Å². The second-order valence-electron chi connectivity index (χ2n) is 5.07. The van der Waals surface area contributed by atoms with E-state index in [9.17, 15) is 9.59 Å². The van der Waals surface area contributed by atoms with E-state index in [1.54, 1.807) is 24.3 Å². The maximum atomic E-state index is 11.9. The van der Waals surface area contributed by atoms with E-state index in [4.69, 9.17) is 4.74 Å².